The lowest BCUT2D eigenvalue weighted by atomic mass is 9.97. The summed E-state index contributed by atoms with van der Waals surface area (Å²) in [7, 11) is 0. The Morgan fingerprint density at radius 2 is 2.32 bits per heavy atom. The Morgan fingerprint density at radius 3 is 3.00 bits per heavy atom. The molecule has 0 aromatic rings. The summed E-state index contributed by atoms with van der Waals surface area (Å²) in [6, 6.07) is 0. The first kappa shape index (κ1) is 14.3. The van der Waals surface area contributed by atoms with Crippen molar-refractivity contribution >= 4 is 11.9 Å². The van der Waals surface area contributed by atoms with E-state index in [9.17, 15) is 9.59 Å². The summed E-state index contributed by atoms with van der Waals surface area (Å²) < 4.78 is 10.5. The molecule has 2 saturated heterocycles. The number of morpholine rings is 1. The zero-order valence-electron chi connectivity index (χ0n) is 11.4. The Kier molecular flexibility index (Phi) is 5.15. The number of hydrogen-bond donors (Lipinski definition) is 1. The van der Waals surface area contributed by atoms with Gasteiger partial charge in [0.1, 0.15) is 6.10 Å². The first-order chi connectivity index (χ1) is 9.22. The van der Waals surface area contributed by atoms with Gasteiger partial charge in [-0.05, 0) is 19.8 Å². The predicted octanol–water partition coefficient (Wildman–Crippen LogP) is -0.223. The van der Waals surface area contributed by atoms with Gasteiger partial charge in [0.15, 0.2) is 0 Å². The summed E-state index contributed by atoms with van der Waals surface area (Å²) in [4.78, 5) is 25.8. The number of carbonyl (C=O) groups excluding carboxylic acids is 2. The Balaban J connectivity index is 1.89. The molecule has 0 aromatic heterocycles. The average molecular weight is 270 g/mol. The van der Waals surface area contributed by atoms with Crippen LogP contribution in [0, 0.1) is 5.92 Å². The van der Waals surface area contributed by atoms with Crippen molar-refractivity contribution in [2.75, 3.05) is 39.4 Å². The fourth-order valence-electron chi connectivity index (χ4n) is 2.56. The first-order valence-electron chi connectivity index (χ1n) is 7.00. The Hall–Kier alpha value is -1.14. The van der Waals surface area contributed by atoms with E-state index in [1.165, 1.54) is 0 Å². The van der Waals surface area contributed by atoms with Gasteiger partial charge >= 0.3 is 5.97 Å². The molecule has 2 rings (SSSR count). The minimum Gasteiger partial charge on any atom is -0.466 e. The Morgan fingerprint density at radius 1 is 1.47 bits per heavy atom. The van der Waals surface area contributed by atoms with Gasteiger partial charge in [-0.15, -0.1) is 0 Å². The van der Waals surface area contributed by atoms with Crippen molar-refractivity contribution < 1.29 is 19.1 Å². The standard InChI is InChI=1S/C13H22N2O4/c1-2-18-13(17)10-4-3-6-15(9-10)12(16)11-8-14-5-7-19-11/h10-11,14H,2-9H2,1H3. The maximum Gasteiger partial charge on any atom is 0.310 e. The third kappa shape index (κ3) is 3.67. The molecule has 19 heavy (non-hydrogen) atoms. The lowest BCUT2D eigenvalue weighted by molar-refractivity contribution is -0.154. The molecule has 2 heterocycles. The van der Waals surface area contributed by atoms with Gasteiger partial charge in [-0.25, -0.2) is 0 Å². The maximum absolute atomic E-state index is 12.3. The van der Waals surface area contributed by atoms with Crippen LogP contribution in [0.3, 0.4) is 0 Å². The monoisotopic (exact) mass is 270 g/mol. The molecule has 0 bridgehead atoms. The van der Waals surface area contributed by atoms with Gasteiger partial charge in [0, 0.05) is 26.2 Å². The third-order valence-corrected chi connectivity index (χ3v) is 3.56. The molecule has 2 aliphatic rings. The van der Waals surface area contributed by atoms with Crippen molar-refractivity contribution in [3.8, 4) is 0 Å². The summed E-state index contributed by atoms with van der Waals surface area (Å²) in [5.41, 5.74) is 0. The van der Waals surface area contributed by atoms with Crippen LogP contribution in [0.1, 0.15) is 19.8 Å². The number of nitrogens with one attached hydrogen (secondary N) is 1. The second-order valence-electron chi connectivity index (χ2n) is 4.94. The third-order valence-electron chi connectivity index (χ3n) is 3.56. The Bertz CT molecular complexity index is 329. The minimum absolute atomic E-state index is 0.0128. The number of hydrogen-bond acceptors (Lipinski definition) is 5. The molecule has 0 radical (unpaired) electrons. The number of rotatable bonds is 3. The van der Waals surface area contributed by atoms with Crippen LogP contribution in [-0.4, -0.2) is 62.3 Å². The molecule has 1 amide bonds. The highest BCUT2D eigenvalue weighted by Crippen LogP contribution is 2.19. The van der Waals surface area contributed by atoms with E-state index in [-0.39, 0.29) is 17.8 Å². The van der Waals surface area contributed by atoms with E-state index in [0.29, 0.717) is 32.8 Å². The highest BCUT2D eigenvalue weighted by atomic mass is 16.5. The van der Waals surface area contributed by atoms with Gasteiger partial charge in [-0.2, -0.15) is 0 Å². The number of esters is 1. The van der Waals surface area contributed by atoms with Crippen LogP contribution >= 0.6 is 0 Å². The molecule has 108 valence electrons. The van der Waals surface area contributed by atoms with Gasteiger partial charge < -0.3 is 19.7 Å². The molecule has 0 aromatic carbocycles. The van der Waals surface area contributed by atoms with Crippen LogP contribution in [0.5, 0.6) is 0 Å². The van der Waals surface area contributed by atoms with Crippen LogP contribution < -0.4 is 5.32 Å². The predicted molar refractivity (Wildman–Crippen MR) is 68.5 cm³/mol. The van der Waals surface area contributed by atoms with E-state index >= 15 is 0 Å². The molecule has 2 fully saturated rings. The van der Waals surface area contributed by atoms with Crippen molar-refractivity contribution in [3.05, 3.63) is 0 Å². The van der Waals surface area contributed by atoms with E-state index < -0.39 is 6.10 Å². The van der Waals surface area contributed by atoms with Crippen molar-refractivity contribution in [3.63, 3.8) is 0 Å². The van der Waals surface area contributed by atoms with Crippen molar-refractivity contribution in [1.29, 1.82) is 0 Å². The number of likely N-dealkylation sites (tertiary alicyclic amines) is 1. The van der Waals surface area contributed by atoms with E-state index in [0.717, 1.165) is 19.4 Å². The molecule has 0 aliphatic carbocycles. The van der Waals surface area contributed by atoms with E-state index in [2.05, 4.69) is 5.32 Å². The van der Waals surface area contributed by atoms with Crippen LogP contribution in [-0.2, 0) is 19.1 Å². The molecule has 0 spiro atoms. The molecule has 6 nitrogen and oxygen atoms in total. The molecular weight excluding hydrogens is 248 g/mol. The number of ether oxygens (including phenoxy) is 2. The smallest absolute Gasteiger partial charge is 0.310 e. The second-order valence-corrected chi connectivity index (χ2v) is 4.94. The van der Waals surface area contributed by atoms with Gasteiger partial charge in [0.25, 0.3) is 5.91 Å². The zero-order chi connectivity index (χ0) is 13.7. The fourth-order valence-corrected chi connectivity index (χ4v) is 2.56. The lowest BCUT2D eigenvalue weighted by Gasteiger charge is -2.35. The lowest BCUT2D eigenvalue weighted by Crippen LogP contribution is -2.52. The van der Waals surface area contributed by atoms with E-state index in [1.807, 2.05) is 0 Å². The maximum atomic E-state index is 12.3. The SMILES string of the molecule is CCOC(=O)C1CCCN(C(=O)C2CNCCO2)C1. The van der Waals surface area contributed by atoms with Crippen LogP contribution in [0.4, 0.5) is 0 Å². The summed E-state index contributed by atoms with van der Waals surface area (Å²) in [5.74, 6) is -0.391. The molecular formula is C13H22N2O4. The molecule has 2 unspecified atom stereocenters. The fraction of sp³-hybridized carbons (Fsp3) is 0.846. The molecule has 0 saturated carbocycles. The largest absolute Gasteiger partial charge is 0.466 e. The van der Waals surface area contributed by atoms with Crippen molar-refractivity contribution in [1.82, 2.24) is 10.2 Å². The highest BCUT2D eigenvalue weighted by Gasteiger charge is 2.33. The molecule has 1 N–H and O–H groups in total. The highest BCUT2D eigenvalue weighted by molar-refractivity contribution is 5.82. The molecule has 2 aliphatic heterocycles. The number of amides is 1. The summed E-state index contributed by atoms with van der Waals surface area (Å²) in [5, 5.41) is 3.14. The summed E-state index contributed by atoms with van der Waals surface area (Å²) in [6.07, 6.45) is 1.23. The van der Waals surface area contributed by atoms with Crippen molar-refractivity contribution in [2.24, 2.45) is 5.92 Å². The van der Waals surface area contributed by atoms with Gasteiger partial charge in [-0.3, -0.25) is 9.59 Å². The van der Waals surface area contributed by atoms with Gasteiger partial charge in [-0.1, -0.05) is 0 Å². The number of nitrogens with zero attached hydrogens (tertiary/aromatic N) is 1. The van der Waals surface area contributed by atoms with Crippen molar-refractivity contribution in [2.45, 2.75) is 25.9 Å². The van der Waals surface area contributed by atoms with Crippen LogP contribution in [0.15, 0.2) is 0 Å². The van der Waals surface area contributed by atoms with Gasteiger partial charge in [0.2, 0.25) is 0 Å². The number of carbonyl (C=O) groups is 2. The normalized spacial score (nSPS) is 27.9. The molecule has 6 heteroatoms. The summed E-state index contributed by atoms with van der Waals surface area (Å²) in [6.45, 7) is 5.25. The Labute approximate surface area is 113 Å². The topological polar surface area (TPSA) is 67.9 Å². The number of piperidine rings is 1. The first-order valence-corrected chi connectivity index (χ1v) is 7.00. The van der Waals surface area contributed by atoms with E-state index in [1.54, 1.807) is 11.8 Å². The van der Waals surface area contributed by atoms with Crippen LogP contribution in [0.25, 0.3) is 0 Å². The van der Waals surface area contributed by atoms with Crippen LogP contribution in [0.2, 0.25) is 0 Å². The quantitative estimate of drug-likeness (QED) is 0.718. The van der Waals surface area contributed by atoms with E-state index in [4.69, 9.17) is 9.47 Å². The molecule has 2 atom stereocenters. The van der Waals surface area contributed by atoms with Gasteiger partial charge in [0.05, 0.1) is 19.1 Å². The minimum atomic E-state index is -0.408. The zero-order valence-corrected chi connectivity index (χ0v) is 11.4. The average Bonchev–Trinajstić information content (AvgIpc) is 2.48. The summed E-state index contributed by atoms with van der Waals surface area (Å²) >= 11 is 0. The second kappa shape index (κ2) is 6.86.